The summed E-state index contributed by atoms with van der Waals surface area (Å²) in [5.41, 5.74) is 5.94. The average molecular weight is 287 g/mol. The Hall–Kier alpha value is -0.970. The van der Waals surface area contributed by atoms with Gasteiger partial charge in [0, 0.05) is 19.1 Å². The molecule has 0 aliphatic carbocycles. The molecular weight excluding hydrogens is 264 g/mol. The summed E-state index contributed by atoms with van der Waals surface area (Å²) in [6.07, 6.45) is 2.35. The maximum absolute atomic E-state index is 5.94. The molecule has 4 nitrogen and oxygen atoms in total. The normalized spacial score (nSPS) is 19.6. The fourth-order valence-corrected chi connectivity index (χ4v) is 2.26. The zero-order chi connectivity index (χ0) is 12.8. The van der Waals surface area contributed by atoms with Gasteiger partial charge in [-0.15, -0.1) is 12.4 Å². The molecule has 0 bridgehead atoms. The van der Waals surface area contributed by atoms with Crippen LogP contribution in [0.3, 0.4) is 0 Å². The minimum Gasteiger partial charge on any atom is -0.497 e. The van der Waals surface area contributed by atoms with Crippen molar-refractivity contribution in [2.45, 2.75) is 18.9 Å². The van der Waals surface area contributed by atoms with Crippen LogP contribution in [0.5, 0.6) is 11.5 Å². The lowest BCUT2D eigenvalue weighted by molar-refractivity contribution is 0.171. The Morgan fingerprint density at radius 1 is 1.26 bits per heavy atom. The van der Waals surface area contributed by atoms with E-state index in [-0.39, 0.29) is 12.4 Å². The molecule has 1 atom stereocenters. The molecular formula is C14H23ClN2O2. The fourth-order valence-electron chi connectivity index (χ4n) is 2.26. The van der Waals surface area contributed by atoms with E-state index in [0.29, 0.717) is 12.6 Å². The van der Waals surface area contributed by atoms with E-state index in [4.69, 9.17) is 15.2 Å². The number of ether oxygens (including phenoxy) is 2. The Labute approximate surface area is 121 Å². The van der Waals surface area contributed by atoms with Gasteiger partial charge < -0.3 is 15.2 Å². The van der Waals surface area contributed by atoms with Crippen LogP contribution in [0, 0.1) is 0 Å². The number of likely N-dealkylation sites (tertiary alicyclic amines) is 1. The van der Waals surface area contributed by atoms with Gasteiger partial charge in [0.2, 0.25) is 0 Å². The van der Waals surface area contributed by atoms with Gasteiger partial charge in [-0.3, -0.25) is 4.90 Å². The number of rotatable bonds is 5. The first-order chi connectivity index (χ1) is 8.78. The van der Waals surface area contributed by atoms with E-state index in [1.54, 1.807) is 7.11 Å². The van der Waals surface area contributed by atoms with Crippen LogP contribution in [0.15, 0.2) is 24.3 Å². The Kier molecular flexibility index (Phi) is 6.99. The number of piperidine rings is 1. The van der Waals surface area contributed by atoms with Crippen molar-refractivity contribution in [3.05, 3.63) is 24.3 Å². The molecule has 1 aliphatic heterocycles. The molecule has 0 amide bonds. The largest absolute Gasteiger partial charge is 0.497 e. The third-order valence-corrected chi connectivity index (χ3v) is 3.28. The Morgan fingerprint density at radius 3 is 2.58 bits per heavy atom. The van der Waals surface area contributed by atoms with Crippen molar-refractivity contribution in [2.75, 3.05) is 33.4 Å². The molecule has 1 aromatic carbocycles. The summed E-state index contributed by atoms with van der Waals surface area (Å²) in [5.74, 6) is 1.74. The Morgan fingerprint density at radius 2 is 1.95 bits per heavy atom. The van der Waals surface area contributed by atoms with E-state index in [0.717, 1.165) is 37.6 Å². The smallest absolute Gasteiger partial charge is 0.119 e. The van der Waals surface area contributed by atoms with Gasteiger partial charge in [-0.2, -0.15) is 0 Å². The number of hydrogen-bond acceptors (Lipinski definition) is 4. The van der Waals surface area contributed by atoms with Gasteiger partial charge in [0.15, 0.2) is 0 Å². The third kappa shape index (κ3) is 5.27. The molecule has 1 aliphatic rings. The van der Waals surface area contributed by atoms with Crippen LogP contribution in [0.4, 0.5) is 0 Å². The van der Waals surface area contributed by atoms with E-state index < -0.39 is 0 Å². The lowest BCUT2D eigenvalue weighted by Gasteiger charge is -2.30. The topological polar surface area (TPSA) is 47.7 Å². The van der Waals surface area contributed by atoms with Crippen LogP contribution in [-0.2, 0) is 0 Å². The Bertz CT molecular complexity index is 359. The fraction of sp³-hybridized carbons (Fsp3) is 0.571. The molecule has 0 saturated carbocycles. The molecule has 0 spiro atoms. The van der Waals surface area contributed by atoms with Crippen molar-refractivity contribution in [3.8, 4) is 11.5 Å². The standard InChI is InChI=1S/C14H22N2O2.ClH/c1-17-13-4-6-14(7-5-13)18-10-9-16-8-2-3-12(15)11-16;/h4-7,12H,2-3,8-11,15H2,1H3;1H. The van der Waals surface area contributed by atoms with Crippen LogP contribution in [0.25, 0.3) is 0 Å². The molecule has 2 rings (SSSR count). The van der Waals surface area contributed by atoms with Gasteiger partial charge in [-0.25, -0.2) is 0 Å². The van der Waals surface area contributed by atoms with Crippen LogP contribution in [0.1, 0.15) is 12.8 Å². The molecule has 2 N–H and O–H groups in total. The van der Waals surface area contributed by atoms with Crippen LogP contribution < -0.4 is 15.2 Å². The lowest BCUT2D eigenvalue weighted by atomic mass is 10.1. The molecule has 5 heteroatoms. The lowest BCUT2D eigenvalue weighted by Crippen LogP contribution is -2.44. The quantitative estimate of drug-likeness (QED) is 0.898. The SMILES string of the molecule is COc1ccc(OCCN2CCCC(N)C2)cc1.Cl. The molecule has 1 aromatic rings. The second kappa shape index (κ2) is 8.25. The van der Waals surface area contributed by atoms with E-state index in [1.165, 1.54) is 6.42 Å². The van der Waals surface area contributed by atoms with Crippen molar-refractivity contribution >= 4 is 12.4 Å². The summed E-state index contributed by atoms with van der Waals surface area (Å²) < 4.78 is 10.8. The zero-order valence-electron chi connectivity index (χ0n) is 11.4. The predicted octanol–water partition coefficient (Wildman–Crippen LogP) is 1.92. The minimum atomic E-state index is 0. The van der Waals surface area contributed by atoms with Crippen molar-refractivity contribution in [1.82, 2.24) is 4.90 Å². The highest BCUT2D eigenvalue weighted by Crippen LogP contribution is 2.17. The van der Waals surface area contributed by atoms with Crippen LogP contribution in [-0.4, -0.2) is 44.3 Å². The molecule has 108 valence electrons. The maximum atomic E-state index is 5.94. The summed E-state index contributed by atoms with van der Waals surface area (Å²) in [7, 11) is 1.66. The monoisotopic (exact) mass is 286 g/mol. The molecule has 0 aromatic heterocycles. The van der Waals surface area contributed by atoms with Gasteiger partial charge in [-0.05, 0) is 43.7 Å². The number of nitrogens with zero attached hydrogens (tertiary/aromatic N) is 1. The van der Waals surface area contributed by atoms with Crippen LogP contribution >= 0.6 is 12.4 Å². The highest BCUT2D eigenvalue weighted by atomic mass is 35.5. The summed E-state index contributed by atoms with van der Waals surface area (Å²) >= 11 is 0. The van der Waals surface area contributed by atoms with E-state index in [9.17, 15) is 0 Å². The first-order valence-corrected chi connectivity index (χ1v) is 6.53. The van der Waals surface area contributed by atoms with E-state index in [2.05, 4.69) is 4.90 Å². The van der Waals surface area contributed by atoms with E-state index in [1.807, 2.05) is 24.3 Å². The molecule has 1 unspecified atom stereocenters. The van der Waals surface area contributed by atoms with Crippen molar-refractivity contribution in [2.24, 2.45) is 5.73 Å². The van der Waals surface area contributed by atoms with Crippen LogP contribution in [0.2, 0.25) is 0 Å². The Balaban J connectivity index is 0.00000180. The summed E-state index contributed by atoms with van der Waals surface area (Å²) in [6.45, 7) is 3.78. The van der Waals surface area contributed by atoms with Crippen molar-refractivity contribution in [1.29, 1.82) is 0 Å². The number of hydrogen-bond donors (Lipinski definition) is 1. The highest BCUT2D eigenvalue weighted by Gasteiger charge is 2.15. The van der Waals surface area contributed by atoms with Crippen molar-refractivity contribution in [3.63, 3.8) is 0 Å². The predicted molar refractivity (Wildman–Crippen MR) is 79.4 cm³/mol. The number of methoxy groups -OCH3 is 1. The zero-order valence-corrected chi connectivity index (χ0v) is 12.2. The van der Waals surface area contributed by atoms with Gasteiger partial charge in [0.05, 0.1) is 7.11 Å². The van der Waals surface area contributed by atoms with Gasteiger partial charge >= 0.3 is 0 Å². The second-order valence-electron chi connectivity index (χ2n) is 4.73. The third-order valence-electron chi connectivity index (χ3n) is 3.28. The maximum Gasteiger partial charge on any atom is 0.119 e. The van der Waals surface area contributed by atoms with Gasteiger partial charge in [0.25, 0.3) is 0 Å². The number of halogens is 1. The number of benzene rings is 1. The van der Waals surface area contributed by atoms with Gasteiger partial charge in [-0.1, -0.05) is 0 Å². The number of nitrogens with two attached hydrogens (primary N) is 1. The van der Waals surface area contributed by atoms with E-state index >= 15 is 0 Å². The molecule has 1 saturated heterocycles. The molecule has 19 heavy (non-hydrogen) atoms. The average Bonchev–Trinajstić information content (AvgIpc) is 2.40. The molecule has 1 heterocycles. The summed E-state index contributed by atoms with van der Waals surface area (Å²) in [6, 6.07) is 8.01. The minimum absolute atomic E-state index is 0. The highest BCUT2D eigenvalue weighted by molar-refractivity contribution is 5.85. The van der Waals surface area contributed by atoms with Gasteiger partial charge in [0.1, 0.15) is 18.1 Å². The molecule has 1 fully saturated rings. The molecule has 0 radical (unpaired) electrons. The summed E-state index contributed by atoms with van der Waals surface area (Å²) in [5, 5.41) is 0. The second-order valence-corrected chi connectivity index (χ2v) is 4.73. The van der Waals surface area contributed by atoms with Crippen molar-refractivity contribution < 1.29 is 9.47 Å². The first-order valence-electron chi connectivity index (χ1n) is 6.53. The first kappa shape index (κ1) is 16.1. The summed E-state index contributed by atoms with van der Waals surface area (Å²) in [4.78, 5) is 2.37.